The van der Waals surface area contributed by atoms with Gasteiger partial charge in [0, 0.05) is 23.5 Å². The molecule has 2 rings (SSSR count). The zero-order valence-corrected chi connectivity index (χ0v) is 7.29. The van der Waals surface area contributed by atoms with Gasteiger partial charge in [0.15, 0.2) is 0 Å². The minimum absolute atomic E-state index is 0.316. The standard InChI is InChI=1S/C11H7FN2/c12-11-4-2-1-3-9(11)10-7-14-6-8(10)5-13/h1-4,6-7,14H. The highest BCUT2D eigenvalue weighted by Gasteiger charge is 2.09. The smallest absolute Gasteiger partial charge is 0.131 e. The van der Waals surface area contributed by atoms with Crippen molar-refractivity contribution in [3.05, 3.63) is 48.0 Å². The van der Waals surface area contributed by atoms with Crippen molar-refractivity contribution in [2.45, 2.75) is 0 Å². The number of nitriles is 1. The van der Waals surface area contributed by atoms with E-state index in [-0.39, 0.29) is 5.82 Å². The summed E-state index contributed by atoms with van der Waals surface area (Å²) < 4.78 is 13.3. The molecule has 0 aliphatic heterocycles. The second kappa shape index (κ2) is 3.35. The van der Waals surface area contributed by atoms with Gasteiger partial charge in [-0.25, -0.2) is 4.39 Å². The van der Waals surface area contributed by atoms with Crippen LogP contribution in [0.4, 0.5) is 4.39 Å². The number of hydrogen-bond donors (Lipinski definition) is 1. The molecule has 0 aliphatic rings. The molecule has 68 valence electrons. The number of H-pyrrole nitrogens is 1. The normalized spacial score (nSPS) is 9.71. The van der Waals surface area contributed by atoms with Crippen LogP contribution in [-0.4, -0.2) is 4.98 Å². The van der Waals surface area contributed by atoms with Crippen LogP contribution in [0.1, 0.15) is 5.56 Å². The molecule has 0 amide bonds. The largest absolute Gasteiger partial charge is 0.366 e. The van der Waals surface area contributed by atoms with E-state index in [1.54, 1.807) is 30.6 Å². The second-order valence-electron chi connectivity index (χ2n) is 2.87. The van der Waals surface area contributed by atoms with Gasteiger partial charge in [-0.3, -0.25) is 0 Å². The molecule has 0 radical (unpaired) electrons. The quantitative estimate of drug-likeness (QED) is 0.730. The molecule has 3 heteroatoms. The predicted octanol–water partition coefficient (Wildman–Crippen LogP) is 2.69. The first-order valence-corrected chi connectivity index (χ1v) is 4.14. The molecule has 2 nitrogen and oxygen atoms in total. The average Bonchev–Trinajstić information content (AvgIpc) is 2.66. The number of aromatic amines is 1. The zero-order chi connectivity index (χ0) is 9.97. The van der Waals surface area contributed by atoms with E-state index in [1.165, 1.54) is 6.07 Å². The van der Waals surface area contributed by atoms with Crippen LogP contribution in [-0.2, 0) is 0 Å². The Morgan fingerprint density at radius 2 is 1.93 bits per heavy atom. The van der Waals surface area contributed by atoms with Gasteiger partial charge in [-0.05, 0) is 6.07 Å². The third-order valence-electron chi connectivity index (χ3n) is 2.03. The molecule has 0 spiro atoms. The summed E-state index contributed by atoms with van der Waals surface area (Å²) in [6.07, 6.45) is 3.18. The van der Waals surface area contributed by atoms with E-state index < -0.39 is 0 Å². The monoisotopic (exact) mass is 186 g/mol. The first-order valence-electron chi connectivity index (χ1n) is 4.14. The van der Waals surface area contributed by atoms with Crippen molar-refractivity contribution >= 4 is 0 Å². The Balaban J connectivity index is 2.62. The summed E-state index contributed by atoms with van der Waals surface area (Å²) in [6.45, 7) is 0. The Kier molecular flexibility index (Phi) is 2.04. The number of halogens is 1. The fraction of sp³-hybridized carbons (Fsp3) is 0. The van der Waals surface area contributed by atoms with Gasteiger partial charge >= 0.3 is 0 Å². The highest BCUT2D eigenvalue weighted by Crippen LogP contribution is 2.25. The lowest BCUT2D eigenvalue weighted by molar-refractivity contribution is 0.631. The maximum absolute atomic E-state index is 13.3. The van der Waals surface area contributed by atoms with E-state index in [1.807, 2.05) is 6.07 Å². The van der Waals surface area contributed by atoms with E-state index in [0.717, 1.165) is 0 Å². The number of benzene rings is 1. The van der Waals surface area contributed by atoms with E-state index in [0.29, 0.717) is 16.7 Å². The Morgan fingerprint density at radius 1 is 1.14 bits per heavy atom. The second-order valence-corrected chi connectivity index (χ2v) is 2.87. The first kappa shape index (κ1) is 8.52. The number of hydrogen-bond acceptors (Lipinski definition) is 1. The van der Waals surface area contributed by atoms with Crippen LogP contribution < -0.4 is 0 Å². The van der Waals surface area contributed by atoms with Crippen molar-refractivity contribution in [2.75, 3.05) is 0 Å². The molecule has 0 fully saturated rings. The van der Waals surface area contributed by atoms with Crippen molar-refractivity contribution in [2.24, 2.45) is 0 Å². The molecule has 1 aromatic carbocycles. The first-order chi connectivity index (χ1) is 6.83. The summed E-state index contributed by atoms with van der Waals surface area (Å²) in [5.41, 5.74) is 1.51. The lowest BCUT2D eigenvalue weighted by atomic mass is 10.1. The third-order valence-corrected chi connectivity index (χ3v) is 2.03. The van der Waals surface area contributed by atoms with Gasteiger partial charge in [0.2, 0.25) is 0 Å². The van der Waals surface area contributed by atoms with Gasteiger partial charge in [-0.2, -0.15) is 5.26 Å². The van der Waals surface area contributed by atoms with Gasteiger partial charge in [0.25, 0.3) is 0 Å². The van der Waals surface area contributed by atoms with Crippen LogP contribution in [0, 0.1) is 17.1 Å². The van der Waals surface area contributed by atoms with E-state index >= 15 is 0 Å². The molecule has 0 bridgehead atoms. The molecule has 1 aromatic heterocycles. The summed E-state index contributed by atoms with van der Waals surface area (Å²) in [5, 5.41) is 8.77. The lowest BCUT2D eigenvalue weighted by Crippen LogP contribution is -1.83. The van der Waals surface area contributed by atoms with Crippen LogP contribution >= 0.6 is 0 Å². The fourth-order valence-corrected chi connectivity index (χ4v) is 1.36. The van der Waals surface area contributed by atoms with E-state index in [2.05, 4.69) is 4.98 Å². The number of nitrogens with one attached hydrogen (secondary N) is 1. The minimum atomic E-state index is -0.316. The lowest BCUT2D eigenvalue weighted by Gasteiger charge is -1.99. The third kappa shape index (κ3) is 1.27. The molecule has 0 atom stereocenters. The molecule has 2 aromatic rings. The SMILES string of the molecule is N#Cc1c[nH]cc1-c1ccccc1F. The van der Waals surface area contributed by atoms with E-state index in [9.17, 15) is 4.39 Å². The number of aromatic nitrogens is 1. The molecule has 1 heterocycles. The van der Waals surface area contributed by atoms with Crippen LogP contribution in [0.2, 0.25) is 0 Å². The van der Waals surface area contributed by atoms with Crippen LogP contribution in [0.3, 0.4) is 0 Å². The predicted molar refractivity (Wildman–Crippen MR) is 50.9 cm³/mol. The minimum Gasteiger partial charge on any atom is -0.366 e. The van der Waals surface area contributed by atoms with Crippen molar-refractivity contribution in [3.63, 3.8) is 0 Å². The molecule has 0 unspecified atom stereocenters. The Morgan fingerprint density at radius 3 is 2.64 bits per heavy atom. The average molecular weight is 186 g/mol. The van der Waals surface area contributed by atoms with Gasteiger partial charge in [0.1, 0.15) is 11.9 Å². The molecule has 0 saturated carbocycles. The topological polar surface area (TPSA) is 39.6 Å². The summed E-state index contributed by atoms with van der Waals surface area (Å²) >= 11 is 0. The molecular formula is C11H7FN2. The zero-order valence-electron chi connectivity index (χ0n) is 7.29. The van der Waals surface area contributed by atoms with Gasteiger partial charge in [0.05, 0.1) is 5.56 Å². The highest BCUT2D eigenvalue weighted by molar-refractivity contribution is 5.70. The molecule has 1 N–H and O–H groups in total. The Bertz CT molecular complexity index is 494. The van der Waals surface area contributed by atoms with Gasteiger partial charge < -0.3 is 4.98 Å². The molecule has 0 saturated heterocycles. The van der Waals surface area contributed by atoms with Crippen molar-refractivity contribution in [1.29, 1.82) is 5.26 Å². The number of nitrogens with zero attached hydrogens (tertiary/aromatic N) is 1. The maximum Gasteiger partial charge on any atom is 0.131 e. The molecule has 14 heavy (non-hydrogen) atoms. The van der Waals surface area contributed by atoms with Crippen LogP contribution in [0.15, 0.2) is 36.7 Å². The maximum atomic E-state index is 13.3. The van der Waals surface area contributed by atoms with Crippen molar-refractivity contribution in [1.82, 2.24) is 4.98 Å². The summed E-state index contributed by atoms with van der Waals surface area (Å²) in [6, 6.07) is 8.40. The Labute approximate surface area is 80.6 Å². The van der Waals surface area contributed by atoms with Crippen LogP contribution in [0.25, 0.3) is 11.1 Å². The highest BCUT2D eigenvalue weighted by atomic mass is 19.1. The Hall–Kier alpha value is -2.08. The van der Waals surface area contributed by atoms with Gasteiger partial charge in [-0.15, -0.1) is 0 Å². The summed E-state index contributed by atoms with van der Waals surface area (Å²) in [5.74, 6) is -0.316. The molecular weight excluding hydrogens is 179 g/mol. The fourth-order valence-electron chi connectivity index (χ4n) is 1.36. The number of rotatable bonds is 1. The summed E-state index contributed by atoms with van der Waals surface area (Å²) in [7, 11) is 0. The van der Waals surface area contributed by atoms with E-state index in [4.69, 9.17) is 5.26 Å². The van der Waals surface area contributed by atoms with Crippen molar-refractivity contribution < 1.29 is 4.39 Å². The van der Waals surface area contributed by atoms with Crippen LogP contribution in [0.5, 0.6) is 0 Å². The molecule has 0 aliphatic carbocycles. The van der Waals surface area contributed by atoms with Crippen molar-refractivity contribution in [3.8, 4) is 17.2 Å². The summed E-state index contributed by atoms with van der Waals surface area (Å²) in [4.78, 5) is 2.79. The van der Waals surface area contributed by atoms with Gasteiger partial charge in [-0.1, -0.05) is 18.2 Å².